The number of nitrogens with zero attached hydrogens (tertiary/aromatic N) is 7. The molecule has 2 bridgehead atoms. The Kier molecular flexibility index (Phi) is 3.32. The second kappa shape index (κ2) is 5.66. The molecule has 4 heterocycles. The third kappa shape index (κ3) is 2.19. The highest BCUT2D eigenvalue weighted by Crippen LogP contribution is 2.61. The van der Waals surface area contributed by atoms with Crippen LogP contribution >= 0.6 is 0 Å². The van der Waals surface area contributed by atoms with Crippen molar-refractivity contribution in [2.75, 3.05) is 12.4 Å². The first kappa shape index (κ1) is 17.6. The summed E-state index contributed by atoms with van der Waals surface area (Å²) in [4.78, 5) is 26.5. The summed E-state index contributed by atoms with van der Waals surface area (Å²) in [5, 5.41) is 7.46. The summed E-state index contributed by atoms with van der Waals surface area (Å²) in [6, 6.07) is 1.95. The third-order valence-corrected chi connectivity index (χ3v) is 6.93. The zero-order valence-corrected chi connectivity index (χ0v) is 17.1. The highest BCUT2D eigenvalue weighted by Gasteiger charge is 2.63. The van der Waals surface area contributed by atoms with Gasteiger partial charge >= 0.3 is 5.69 Å². The van der Waals surface area contributed by atoms with Gasteiger partial charge in [0.05, 0.1) is 29.2 Å². The van der Waals surface area contributed by atoms with Gasteiger partial charge in [-0.3, -0.25) is 9.13 Å². The van der Waals surface area contributed by atoms with Crippen molar-refractivity contribution in [3.8, 4) is 0 Å². The molecule has 4 aromatic rings. The molecule has 0 aromatic carbocycles. The van der Waals surface area contributed by atoms with Crippen molar-refractivity contribution in [2.45, 2.75) is 43.7 Å². The van der Waals surface area contributed by atoms with Gasteiger partial charge in [-0.2, -0.15) is 10.1 Å². The van der Waals surface area contributed by atoms with Crippen LogP contribution in [-0.2, 0) is 17.3 Å². The standard InChI is InChI=1S/C20H22N8O2/c1-12-6-15-22-11-23-27(15)8-13(12)24-17-21-7-14-16(25-17)28(18(29)26(14)2)19-4-5-20(9-19,10-19)30-3/h6-8,11H,4-5,9-10H2,1-3H3,(H,21,24,25). The number of fused-ring (bicyclic) bond motifs is 3. The van der Waals surface area contributed by atoms with Crippen molar-refractivity contribution >= 4 is 28.4 Å². The number of rotatable bonds is 4. The molecule has 0 unspecified atom stereocenters. The highest BCUT2D eigenvalue weighted by molar-refractivity contribution is 5.74. The summed E-state index contributed by atoms with van der Waals surface area (Å²) < 4.78 is 10.9. The number of methoxy groups -OCH3 is 1. The zero-order chi connectivity index (χ0) is 20.7. The SMILES string of the molecule is COC12CCC(n3c(=O)n(C)c4cnc(Nc5cn6ncnc6cc5C)nc43)(C1)C2. The molecule has 0 radical (unpaired) electrons. The molecule has 3 aliphatic carbocycles. The van der Waals surface area contributed by atoms with Gasteiger partial charge in [-0.25, -0.2) is 19.3 Å². The molecule has 3 saturated carbocycles. The molecule has 3 fully saturated rings. The minimum absolute atomic E-state index is 0.0525. The smallest absolute Gasteiger partial charge is 0.330 e. The first-order valence-electron chi connectivity index (χ1n) is 10.0. The van der Waals surface area contributed by atoms with Gasteiger partial charge in [0.1, 0.15) is 11.8 Å². The fourth-order valence-electron chi connectivity index (χ4n) is 5.29. The summed E-state index contributed by atoms with van der Waals surface area (Å²) in [5.74, 6) is 0.441. The topological polar surface area (TPSA) is 104 Å². The van der Waals surface area contributed by atoms with E-state index in [0.717, 1.165) is 48.1 Å². The lowest BCUT2D eigenvalue weighted by Gasteiger charge is -2.46. The Morgan fingerprint density at radius 3 is 2.83 bits per heavy atom. The maximum Gasteiger partial charge on any atom is 0.330 e. The van der Waals surface area contributed by atoms with Crippen molar-refractivity contribution in [2.24, 2.45) is 7.05 Å². The molecule has 0 saturated heterocycles. The predicted molar refractivity (Wildman–Crippen MR) is 110 cm³/mol. The van der Waals surface area contributed by atoms with Crippen molar-refractivity contribution < 1.29 is 4.74 Å². The molecule has 154 valence electrons. The van der Waals surface area contributed by atoms with Crippen LogP contribution in [-0.4, -0.2) is 46.4 Å². The van der Waals surface area contributed by atoms with Gasteiger partial charge in [0, 0.05) is 27.0 Å². The highest BCUT2D eigenvalue weighted by atomic mass is 16.5. The van der Waals surface area contributed by atoms with Crippen LogP contribution in [0.1, 0.15) is 31.2 Å². The number of aromatic nitrogens is 7. The van der Waals surface area contributed by atoms with Crippen molar-refractivity contribution in [3.63, 3.8) is 0 Å². The Hall–Kier alpha value is -3.27. The van der Waals surface area contributed by atoms with Gasteiger partial charge in [-0.1, -0.05) is 0 Å². The monoisotopic (exact) mass is 406 g/mol. The van der Waals surface area contributed by atoms with E-state index in [-0.39, 0.29) is 16.8 Å². The normalized spacial score (nSPS) is 25.2. The van der Waals surface area contributed by atoms with Gasteiger partial charge in [-0.05, 0) is 31.4 Å². The van der Waals surface area contributed by atoms with Gasteiger partial charge in [-0.15, -0.1) is 0 Å². The van der Waals surface area contributed by atoms with E-state index in [9.17, 15) is 4.79 Å². The molecule has 10 heteroatoms. The Morgan fingerprint density at radius 2 is 2.07 bits per heavy atom. The van der Waals surface area contributed by atoms with Crippen molar-refractivity contribution in [1.82, 2.24) is 33.7 Å². The molecule has 0 atom stereocenters. The van der Waals surface area contributed by atoms with Gasteiger partial charge in [0.15, 0.2) is 11.3 Å². The van der Waals surface area contributed by atoms with Crippen LogP contribution in [0.3, 0.4) is 0 Å². The first-order chi connectivity index (χ1) is 14.4. The van der Waals surface area contributed by atoms with Crippen LogP contribution in [0.5, 0.6) is 0 Å². The predicted octanol–water partition coefficient (Wildman–Crippen LogP) is 1.89. The Labute approximate surface area is 171 Å². The summed E-state index contributed by atoms with van der Waals surface area (Å²) >= 11 is 0. The second-order valence-electron chi connectivity index (χ2n) is 8.60. The Morgan fingerprint density at radius 1 is 1.23 bits per heavy atom. The number of hydrogen-bond acceptors (Lipinski definition) is 7. The maximum atomic E-state index is 13.1. The average molecular weight is 406 g/mol. The quantitative estimate of drug-likeness (QED) is 0.552. The molecule has 3 aliphatic rings. The lowest BCUT2D eigenvalue weighted by Crippen LogP contribution is -2.53. The van der Waals surface area contributed by atoms with E-state index in [4.69, 9.17) is 9.72 Å². The number of imidazole rings is 1. The lowest BCUT2D eigenvalue weighted by molar-refractivity contribution is -0.0906. The zero-order valence-electron chi connectivity index (χ0n) is 17.1. The third-order valence-electron chi connectivity index (χ3n) is 6.93. The summed E-state index contributed by atoms with van der Waals surface area (Å²) in [5.41, 5.74) is 3.65. The number of ether oxygens (including phenoxy) is 1. The second-order valence-corrected chi connectivity index (χ2v) is 8.60. The van der Waals surface area contributed by atoms with Crippen LogP contribution in [0.4, 0.5) is 11.6 Å². The largest absolute Gasteiger partial charge is 0.378 e. The fourth-order valence-corrected chi connectivity index (χ4v) is 5.29. The lowest BCUT2D eigenvalue weighted by atomic mass is 9.73. The van der Waals surface area contributed by atoms with E-state index in [2.05, 4.69) is 20.4 Å². The number of hydrogen-bond donors (Lipinski definition) is 1. The number of anilines is 2. The van der Waals surface area contributed by atoms with Crippen molar-refractivity contribution in [1.29, 1.82) is 0 Å². The number of nitrogens with one attached hydrogen (secondary N) is 1. The maximum absolute atomic E-state index is 13.1. The minimum Gasteiger partial charge on any atom is -0.378 e. The molecule has 0 aliphatic heterocycles. The van der Waals surface area contributed by atoms with E-state index < -0.39 is 0 Å². The molecular formula is C20H22N8O2. The fraction of sp³-hybridized carbons (Fsp3) is 0.450. The molecule has 4 aromatic heterocycles. The first-order valence-corrected chi connectivity index (χ1v) is 10.0. The number of aryl methyl sites for hydroxylation is 2. The van der Waals surface area contributed by atoms with Crippen LogP contribution in [0.2, 0.25) is 0 Å². The van der Waals surface area contributed by atoms with Gasteiger partial charge in [0.2, 0.25) is 5.95 Å². The number of pyridine rings is 1. The van der Waals surface area contributed by atoms with Crippen LogP contribution in [0, 0.1) is 6.92 Å². The summed E-state index contributed by atoms with van der Waals surface area (Å²) in [6.45, 7) is 1.99. The molecule has 10 nitrogen and oxygen atoms in total. The molecular weight excluding hydrogens is 384 g/mol. The van der Waals surface area contributed by atoms with E-state index in [1.165, 1.54) is 6.33 Å². The summed E-state index contributed by atoms with van der Waals surface area (Å²) in [6.07, 6.45) is 8.68. The van der Waals surface area contributed by atoms with Crippen LogP contribution in [0.15, 0.2) is 29.6 Å². The van der Waals surface area contributed by atoms with Gasteiger partial charge < -0.3 is 10.1 Å². The summed E-state index contributed by atoms with van der Waals surface area (Å²) in [7, 11) is 3.54. The van der Waals surface area contributed by atoms with Crippen LogP contribution < -0.4 is 11.0 Å². The molecule has 0 spiro atoms. The average Bonchev–Trinajstić information content (AvgIpc) is 3.45. The van der Waals surface area contributed by atoms with Gasteiger partial charge in [0.25, 0.3) is 0 Å². The molecule has 0 amide bonds. The molecule has 7 rings (SSSR count). The van der Waals surface area contributed by atoms with E-state index in [0.29, 0.717) is 11.6 Å². The van der Waals surface area contributed by atoms with Crippen molar-refractivity contribution in [3.05, 3.63) is 40.8 Å². The van der Waals surface area contributed by atoms with E-state index in [1.807, 2.05) is 23.8 Å². The Bertz CT molecular complexity index is 1370. The minimum atomic E-state index is -0.215. The molecule has 30 heavy (non-hydrogen) atoms. The van der Waals surface area contributed by atoms with E-state index >= 15 is 0 Å². The Balaban J connectivity index is 1.45. The van der Waals surface area contributed by atoms with Crippen LogP contribution in [0.25, 0.3) is 16.8 Å². The van der Waals surface area contributed by atoms with E-state index in [1.54, 1.807) is 29.4 Å². The molecule has 1 N–H and O–H groups in total.